The molecule has 0 fully saturated rings. The van der Waals surface area contributed by atoms with Gasteiger partial charge in [-0.2, -0.15) is 13.2 Å². The molecule has 0 radical (unpaired) electrons. The molecule has 0 saturated carbocycles. The first kappa shape index (κ1) is 21.1. The Balaban J connectivity index is 3.05. The Morgan fingerprint density at radius 1 is 1.28 bits per heavy atom. The topological polar surface area (TPSA) is 89.6 Å². The van der Waals surface area contributed by atoms with Crippen LogP contribution in [-0.4, -0.2) is 22.6 Å². The van der Waals surface area contributed by atoms with Crippen LogP contribution in [0.15, 0.2) is 12.1 Å². The maximum Gasteiger partial charge on any atom is 0.418 e. The van der Waals surface area contributed by atoms with Crippen LogP contribution in [0, 0.1) is 5.92 Å². The highest BCUT2D eigenvalue weighted by Crippen LogP contribution is 2.38. The number of carbonyl (C=O) groups is 2. The van der Waals surface area contributed by atoms with E-state index in [-0.39, 0.29) is 17.0 Å². The summed E-state index contributed by atoms with van der Waals surface area (Å²) in [4.78, 5) is 23.2. The van der Waals surface area contributed by atoms with Crippen LogP contribution in [-0.2, 0) is 26.9 Å². The third-order valence-electron chi connectivity index (χ3n) is 3.16. The van der Waals surface area contributed by atoms with Crippen LogP contribution in [0.1, 0.15) is 38.3 Å². The fourth-order valence-corrected chi connectivity index (χ4v) is 2.38. The summed E-state index contributed by atoms with van der Waals surface area (Å²) < 4.78 is 44.0. The zero-order valence-corrected chi connectivity index (χ0v) is 14.7. The highest BCUT2D eigenvalue weighted by Gasteiger charge is 2.35. The molecule has 0 spiro atoms. The van der Waals surface area contributed by atoms with Gasteiger partial charge in [0.25, 0.3) is 0 Å². The first-order chi connectivity index (χ1) is 11.2. The van der Waals surface area contributed by atoms with Crippen molar-refractivity contribution in [2.24, 2.45) is 5.92 Å². The molecule has 25 heavy (non-hydrogen) atoms. The Morgan fingerprint density at radius 2 is 1.84 bits per heavy atom. The van der Waals surface area contributed by atoms with Crippen molar-refractivity contribution in [1.29, 1.82) is 0 Å². The highest BCUT2D eigenvalue weighted by molar-refractivity contribution is 6.33. The molecule has 0 unspecified atom stereocenters. The van der Waals surface area contributed by atoms with Crippen molar-refractivity contribution in [3.05, 3.63) is 28.3 Å². The smallest absolute Gasteiger partial charge is 0.418 e. The third kappa shape index (κ3) is 6.45. The van der Waals surface area contributed by atoms with E-state index in [2.05, 4.69) is 0 Å². The first-order valence-corrected chi connectivity index (χ1v) is 7.68. The van der Waals surface area contributed by atoms with Gasteiger partial charge in [-0.3, -0.25) is 9.59 Å². The average Bonchev–Trinajstić information content (AvgIpc) is 2.38. The maximum absolute atomic E-state index is 13.0. The van der Waals surface area contributed by atoms with Crippen molar-refractivity contribution >= 4 is 29.2 Å². The molecule has 0 saturated heterocycles. The van der Waals surface area contributed by atoms with Gasteiger partial charge in [0.05, 0.1) is 28.6 Å². The van der Waals surface area contributed by atoms with Crippen molar-refractivity contribution in [1.82, 2.24) is 0 Å². The van der Waals surface area contributed by atoms with E-state index < -0.39 is 47.3 Å². The molecule has 0 bridgehead atoms. The highest BCUT2D eigenvalue weighted by atomic mass is 35.5. The number of rotatable bonds is 5. The van der Waals surface area contributed by atoms with Crippen LogP contribution in [0.5, 0.6) is 0 Å². The summed E-state index contributed by atoms with van der Waals surface area (Å²) in [6.45, 7) is 4.86. The molecule has 3 N–H and O–H groups in total. The SMILES string of the molecule is CC(C)(C)OC(=O)C[C@H](Cc1cc(Cl)c(N)c(C(F)(F)F)c1)C(=O)O. The minimum atomic E-state index is -4.73. The Hall–Kier alpha value is -1.96. The van der Waals surface area contributed by atoms with Gasteiger partial charge in [0.15, 0.2) is 0 Å². The maximum atomic E-state index is 13.0. The lowest BCUT2D eigenvalue weighted by Gasteiger charge is -2.21. The zero-order valence-electron chi connectivity index (χ0n) is 13.9. The number of benzene rings is 1. The number of carboxylic acid groups (broad SMARTS) is 1. The number of nitrogen functional groups attached to an aromatic ring is 1. The number of aliphatic carboxylic acids is 1. The van der Waals surface area contributed by atoms with Gasteiger partial charge in [-0.15, -0.1) is 0 Å². The lowest BCUT2D eigenvalue weighted by atomic mass is 9.94. The Morgan fingerprint density at radius 3 is 2.28 bits per heavy atom. The van der Waals surface area contributed by atoms with Crippen LogP contribution in [0.3, 0.4) is 0 Å². The van der Waals surface area contributed by atoms with E-state index in [1.807, 2.05) is 0 Å². The summed E-state index contributed by atoms with van der Waals surface area (Å²) in [5.41, 5.74) is 2.78. The summed E-state index contributed by atoms with van der Waals surface area (Å²) in [5.74, 6) is -3.33. The molecule has 1 aromatic rings. The number of halogens is 4. The van der Waals surface area contributed by atoms with E-state index in [4.69, 9.17) is 22.1 Å². The number of anilines is 1. The second-order valence-corrected chi connectivity index (χ2v) is 6.97. The molecule has 0 aliphatic heterocycles. The van der Waals surface area contributed by atoms with Crippen molar-refractivity contribution in [2.75, 3.05) is 5.73 Å². The number of nitrogens with two attached hydrogens (primary N) is 1. The second-order valence-electron chi connectivity index (χ2n) is 6.57. The molecular weight excluding hydrogens is 363 g/mol. The summed E-state index contributed by atoms with van der Waals surface area (Å²) in [7, 11) is 0. The van der Waals surface area contributed by atoms with Crippen LogP contribution < -0.4 is 5.73 Å². The predicted molar refractivity (Wildman–Crippen MR) is 86.2 cm³/mol. The van der Waals surface area contributed by atoms with Gasteiger partial charge in [0.1, 0.15) is 5.60 Å². The lowest BCUT2D eigenvalue weighted by Crippen LogP contribution is -2.28. The van der Waals surface area contributed by atoms with Gasteiger partial charge in [0.2, 0.25) is 0 Å². The minimum Gasteiger partial charge on any atom is -0.481 e. The molecule has 5 nitrogen and oxygen atoms in total. The van der Waals surface area contributed by atoms with Crippen molar-refractivity contribution in [3.63, 3.8) is 0 Å². The Bertz CT molecular complexity index is 669. The van der Waals surface area contributed by atoms with Gasteiger partial charge in [-0.1, -0.05) is 11.6 Å². The minimum absolute atomic E-state index is 0.0162. The van der Waals surface area contributed by atoms with Crippen LogP contribution >= 0.6 is 11.6 Å². The number of ether oxygens (including phenoxy) is 1. The fraction of sp³-hybridized carbons (Fsp3) is 0.500. The molecule has 1 aromatic carbocycles. The van der Waals surface area contributed by atoms with E-state index in [1.54, 1.807) is 20.8 Å². The largest absolute Gasteiger partial charge is 0.481 e. The van der Waals surface area contributed by atoms with E-state index in [1.165, 1.54) is 0 Å². The molecule has 0 heterocycles. The van der Waals surface area contributed by atoms with Gasteiger partial charge in [0, 0.05) is 0 Å². The average molecular weight is 382 g/mol. The number of esters is 1. The number of alkyl halides is 3. The summed E-state index contributed by atoms with van der Waals surface area (Å²) in [6.07, 6.45) is -5.53. The Labute approximate surface area is 147 Å². The molecule has 9 heteroatoms. The monoisotopic (exact) mass is 381 g/mol. The normalized spacial score (nSPS) is 13.4. The van der Waals surface area contributed by atoms with Gasteiger partial charge >= 0.3 is 18.1 Å². The summed E-state index contributed by atoms with van der Waals surface area (Å²) in [6, 6.07) is 1.91. The molecule has 0 aromatic heterocycles. The number of hydrogen-bond donors (Lipinski definition) is 2. The number of carbonyl (C=O) groups excluding carboxylic acids is 1. The third-order valence-corrected chi connectivity index (χ3v) is 3.47. The van der Waals surface area contributed by atoms with Crippen LogP contribution in [0.4, 0.5) is 18.9 Å². The first-order valence-electron chi connectivity index (χ1n) is 7.30. The van der Waals surface area contributed by atoms with Crippen LogP contribution in [0.2, 0.25) is 5.02 Å². The van der Waals surface area contributed by atoms with Crippen LogP contribution in [0.25, 0.3) is 0 Å². The molecule has 0 aliphatic rings. The number of carboxylic acids is 1. The summed E-state index contributed by atoms with van der Waals surface area (Å²) in [5, 5.41) is 8.92. The standard InChI is InChI=1S/C16H19ClF3NO4/c1-15(2,3)25-12(22)7-9(14(23)24)4-8-5-10(16(18,19)20)13(21)11(17)6-8/h5-6,9H,4,7,21H2,1-3H3,(H,23,24)/t9-/m0/s1. The van der Waals surface area contributed by atoms with E-state index in [0.717, 1.165) is 12.1 Å². The lowest BCUT2D eigenvalue weighted by molar-refractivity contribution is -0.159. The molecule has 0 amide bonds. The van der Waals surface area contributed by atoms with Gasteiger partial charge in [-0.05, 0) is 44.9 Å². The molecule has 1 atom stereocenters. The van der Waals surface area contributed by atoms with E-state index >= 15 is 0 Å². The van der Waals surface area contributed by atoms with E-state index in [0.29, 0.717) is 0 Å². The van der Waals surface area contributed by atoms with Crippen molar-refractivity contribution in [3.8, 4) is 0 Å². The Kier molecular flexibility index (Phi) is 6.33. The van der Waals surface area contributed by atoms with E-state index in [9.17, 15) is 27.9 Å². The number of hydrogen-bond acceptors (Lipinski definition) is 4. The molecule has 0 aliphatic carbocycles. The second kappa shape index (κ2) is 7.51. The summed E-state index contributed by atoms with van der Waals surface area (Å²) >= 11 is 5.72. The van der Waals surface area contributed by atoms with Gasteiger partial charge in [-0.25, -0.2) is 0 Å². The van der Waals surface area contributed by atoms with Gasteiger partial charge < -0.3 is 15.6 Å². The van der Waals surface area contributed by atoms with Crippen molar-refractivity contribution in [2.45, 2.75) is 45.4 Å². The van der Waals surface area contributed by atoms with Crippen molar-refractivity contribution < 1.29 is 32.6 Å². The fourth-order valence-electron chi connectivity index (χ4n) is 2.14. The predicted octanol–water partition coefficient (Wildman–Crippen LogP) is 3.92. The molecular formula is C16H19ClF3NO4. The zero-order chi connectivity index (χ0) is 19.6. The quantitative estimate of drug-likeness (QED) is 0.596. The molecule has 140 valence electrons. The molecule has 1 rings (SSSR count).